The molecule has 2 rings (SSSR count). The van der Waals surface area contributed by atoms with Crippen LogP contribution in [0.5, 0.6) is 0 Å². The number of benzene rings is 1. The third-order valence-corrected chi connectivity index (χ3v) is 4.13. The molecule has 1 aromatic carbocycles. The minimum absolute atomic E-state index is 0.220. The Morgan fingerprint density at radius 2 is 1.83 bits per heavy atom. The summed E-state index contributed by atoms with van der Waals surface area (Å²) >= 11 is 11.8. The third-order valence-electron chi connectivity index (χ3n) is 3.39. The van der Waals surface area contributed by atoms with E-state index in [1.807, 2.05) is 12.1 Å². The van der Waals surface area contributed by atoms with E-state index in [2.05, 4.69) is 0 Å². The van der Waals surface area contributed by atoms with Gasteiger partial charge in [-0.3, -0.25) is 4.79 Å². The summed E-state index contributed by atoms with van der Waals surface area (Å²) in [6.45, 7) is 0. The van der Waals surface area contributed by atoms with Crippen LogP contribution < -0.4 is 0 Å². The highest BCUT2D eigenvalue weighted by Gasteiger charge is 2.18. The second kappa shape index (κ2) is 6.40. The predicted molar refractivity (Wildman–Crippen MR) is 77.1 cm³/mol. The molecule has 0 heterocycles. The molecule has 0 aromatic heterocycles. The number of allylic oxidation sites excluding steroid dienone is 1. The molecule has 0 N–H and O–H groups in total. The topological polar surface area (TPSA) is 17.1 Å². The normalized spacial score (nSPS) is 17.2. The van der Waals surface area contributed by atoms with Gasteiger partial charge in [-0.25, -0.2) is 0 Å². The molecule has 0 unspecified atom stereocenters. The fraction of sp³-hybridized carbons (Fsp3) is 0.400. The molecular weight excluding hydrogens is 267 g/mol. The Bertz CT molecular complexity index is 460. The van der Waals surface area contributed by atoms with Crippen molar-refractivity contribution in [1.29, 1.82) is 0 Å². The van der Waals surface area contributed by atoms with Crippen molar-refractivity contribution in [2.45, 2.75) is 32.1 Å². The predicted octanol–water partition coefficient (Wildman–Crippen LogP) is 5.16. The zero-order chi connectivity index (χ0) is 13.0. The quantitative estimate of drug-likeness (QED) is 0.700. The third kappa shape index (κ3) is 3.60. The second-order valence-electron chi connectivity index (χ2n) is 4.74. The van der Waals surface area contributed by atoms with Crippen LogP contribution in [0, 0.1) is 5.92 Å². The molecular formula is C15H16Cl2O. The first-order valence-corrected chi connectivity index (χ1v) is 7.09. The van der Waals surface area contributed by atoms with E-state index in [9.17, 15) is 4.79 Å². The second-order valence-corrected chi connectivity index (χ2v) is 5.56. The van der Waals surface area contributed by atoms with Gasteiger partial charge in [0.1, 0.15) is 0 Å². The van der Waals surface area contributed by atoms with Crippen molar-refractivity contribution < 1.29 is 4.79 Å². The smallest absolute Gasteiger partial charge is 0.158 e. The van der Waals surface area contributed by atoms with Crippen molar-refractivity contribution in [3.05, 3.63) is 39.9 Å². The van der Waals surface area contributed by atoms with Gasteiger partial charge in [0, 0.05) is 5.92 Å². The van der Waals surface area contributed by atoms with Crippen LogP contribution in [0.1, 0.15) is 37.7 Å². The molecule has 0 spiro atoms. The lowest BCUT2D eigenvalue weighted by molar-refractivity contribution is -0.119. The van der Waals surface area contributed by atoms with Crippen molar-refractivity contribution in [2.75, 3.05) is 0 Å². The Labute approximate surface area is 118 Å². The highest BCUT2D eigenvalue weighted by Crippen LogP contribution is 2.26. The van der Waals surface area contributed by atoms with E-state index in [4.69, 9.17) is 23.2 Å². The van der Waals surface area contributed by atoms with Crippen molar-refractivity contribution in [3.8, 4) is 0 Å². The van der Waals surface area contributed by atoms with Gasteiger partial charge in [-0.1, -0.05) is 54.6 Å². The molecule has 0 atom stereocenters. The summed E-state index contributed by atoms with van der Waals surface area (Å²) in [7, 11) is 0. The summed E-state index contributed by atoms with van der Waals surface area (Å²) in [6, 6.07) is 5.38. The van der Waals surface area contributed by atoms with Crippen LogP contribution in [0.2, 0.25) is 10.0 Å². The summed E-state index contributed by atoms with van der Waals surface area (Å²) in [5, 5.41) is 1.05. The highest BCUT2D eigenvalue weighted by atomic mass is 35.5. The number of ketones is 1. The number of rotatable bonds is 3. The van der Waals surface area contributed by atoms with Gasteiger partial charge < -0.3 is 0 Å². The fourth-order valence-electron chi connectivity index (χ4n) is 2.32. The maximum Gasteiger partial charge on any atom is 0.158 e. The Morgan fingerprint density at radius 3 is 2.50 bits per heavy atom. The Morgan fingerprint density at radius 1 is 1.11 bits per heavy atom. The van der Waals surface area contributed by atoms with Gasteiger partial charge in [0.05, 0.1) is 10.0 Å². The van der Waals surface area contributed by atoms with Gasteiger partial charge in [0.2, 0.25) is 0 Å². The Kier molecular flexibility index (Phi) is 4.85. The molecule has 1 aromatic rings. The van der Waals surface area contributed by atoms with E-state index in [0.717, 1.165) is 18.4 Å². The molecule has 0 radical (unpaired) electrons. The lowest BCUT2D eigenvalue weighted by Gasteiger charge is -2.18. The number of hydrogen-bond acceptors (Lipinski definition) is 1. The maximum atomic E-state index is 12.0. The maximum absolute atomic E-state index is 12.0. The minimum Gasteiger partial charge on any atom is -0.295 e. The number of carbonyl (C=O) groups excluding carboxylic acids is 1. The summed E-state index contributed by atoms with van der Waals surface area (Å²) < 4.78 is 0. The molecule has 1 nitrogen and oxygen atoms in total. The first-order chi connectivity index (χ1) is 8.66. The molecule has 1 saturated carbocycles. The summed E-state index contributed by atoms with van der Waals surface area (Å²) in [5.74, 6) is 0.457. The molecule has 0 aliphatic heterocycles. The SMILES string of the molecule is O=C(C=Cc1ccc(Cl)c(Cl)c1)C1CCCCC1. The summed E-state index contributed by atoms with van der Waals surface area (Å²) in [4.78, 5) is 12.0. The van der Waals surface area contributed by atoms with Gasteiger partial charge in [0.15, 0.2) is 5.78 Å². The van der Waals surface area contributed by atoms with Gasteiger partial charge in [-0.15, -0.1) is 0 Å². The lowest BCUT2D eigenvalue weighted by atomic mass is 9.86. The highest BCUT2D eigenvalue weighted by molar-refractivity contribution is 6.42. The van der Waals surface area contributed by atoms with Gasteiger partial charge >= 0.3 is 0 Å². The Balaban J connectivity index is 2.01. The van der Waals surface area contributed by atoms with Crippen LogP contribution in [0.25, 0.3) is 6.08 Å². The molecule has 0 saturated heterocycles. The van der Waals surface area contributed by atoms with Crippen molar-refractivity contribution in [3.63, 3.8) is 0 Å². The van der Waals surface area contributed by atoms with Crippen LogP contribution in [-0.4, -0.2) is 5.78 Å². The van der Waals surface area contributed by atoms with E-state index < -0.39 is 0 Å². The average molecular weight is 283 g/mol. The summed E-state index contributed by atoms with van der Waals surface area (Å²) in [5.41, 5.74) is 0.911. The first kappa shape index (κ1) is 13.6. The number of halogens is 2. The minimum atomic E-state index is 0.220. The zero-order valence-corrected chi connectivity index (χ0v) is 11.7. The number of carbonyl (C=O) groups is 1. The standard InChI is InChI=1S/C15H16Cl2O/c16-13-8-6-11(10-14(13)17)7-9-15(18)12-4-2-1-3-5-12/h6-10,12H,1-5H2. The van der Waals surface area contributed by atoms with Crippen LogP contribution in [0.4, 0.5) is 0 Å². The fourth-order valence-corrected chi connectivity index (χ4v) is 2.62. The van der Waals surface area contributed by atoms with Crippen molar-refractivity contribution >= 4 is 35.1 Å². The van der Waals surface area contributed by atoms with Crippen molar-refractivity contribution in [1.82, 2.24) is 0 Å². The summed E-state index contributed by atoms with van der Waals surface area (Å²) in [6.07, 6.45) is 9.18. The first-order valence-electron chi connectivity index (χ1n) is 6.34. The van der Waals surface area contributed by atoms with Crippen LogP contribution in [0.3, 0.4) is 0 Å². The van der Waals surface area contributed by atoms with Crippen LogP contribution in [-0.2, 0) is 4.79 Å². The van der Waals surface area contributed by atoms with E-state index in [0.29, 0.717) is 10.0 Å². The molecule has 96 valence electrons. The van der Waals surface area contributed by atoms with Gasteiger partial charge in [-0.2, -0.15) is 0 Å². The molecule has 1 fully saturated rings. The molecule has 18 heavy (non-hydrogen) atoms. The van der Waals surface area contributed by atoms with E-state index in [1.165, 1.54) is 19.3 Å². The van der Waals surface area contributed by atoms with Crippen molar-refractivity contribution in [2.24, 2.45) is 5.92 Å². The van der Waals surface area contributed by atoms with E-state index >= 15 is 0 Å². The van der Waals surface area contributed by atoms with E-state index in [1.54, 1.807) is 18.2 Å². The molecule has 1 aliphatic carbocycles. The molecule has 1 aliphatic rings. The largest absolute Gasteiger partial charge is 0.295 e. The van der Waals surface area contributed by atoms with Gasteiger partial charge in [0.25, 0.3) is 0 Å². The molecule has 3 heteroatoms. The monoisotopic (exact) mass is 282 g/mol. The van der Waals surface area contributed by atoms with Crippen LogP contribution in [0.15, 0.2) is 24.3 Å². The lowest BCUT2D eigenvalue weighted by Crippen LogP contribution is -2.15. The Hall–Kier alpha value is -0.790. The average Bonchev–Trinajstić information content (AvgIpc) is 2.41. The van der Waals surface area contributed by atoms with E-state index in [-0.39, 0.29) is 11.7 Å². The van der Waals surface area contributed by atoms with Gasteiger partial charge in [-0.05, 0) is 36.6 Å². The van der Waals surface area contributed by atoms with Crippen LogP contribution >= 0.6 is 23.2 Å². The zero-order valence-electron chi connectivity index (χ0n) is 10.2. The molecule has 0 amide bonds. The number of hydrogen-bond donors (Lipinski definition) is 0. The molecule has 0 bridgehead atoms.